The number of hydrogen-bond donors (Lipinski definition) is 1. The van der Waals surface area contributed by atoms with Gasteiger partial charge in [0.2, 0.25) is 0 Å². The zero-order valence-corrected chi connectivity index (χ0v) is 17.6. The number of unbranched alkanes of at least 4 members (excludes halogenated alkanes) is 1. The molecule has 0 saturated heterocycles. The Morgan fingerprint density at radius 2 is 1.83 bits per heavy atom. The molecular formula is C23H24N2O4S. The first kappa shape index (κ1) is 21.5. The zero-order chi connectivity index (χ0) is 21.2. The van der Waals surface area contributed by atoms with E-state index in [-0.39, 0.29) is 19.1 Å². The van der Waals surface area contributed by atoms with Gasteiger partial charge in [0.15, 0.2) is 0 Å². The molecule has 0 aliphatic rings. The van der Waals surface area contributed by atoms with Crippen LogP contribution in [0.5, 0.6) is 5.75 Å². The van der Waals surface area contributed by atoms with Crippen LogP contribution in [0.15, 0.2) is 60.0 Å². The molecule has 7 heteroatoms. The minimum atomic E-state index is -0.517. The number of carbonyl (C=O) groups excluding carboxylic acids is 2. The number of nitrogens with one attached hydrogen (secondary N) is 1. The van der Waals surface area contributed by atoms with Gasteiger partial charge in [-0.1, -0.05) is 43.7 Å². The van der Waals surface area contributed by atoms with Crippen molar-refractivity contribution in [2.24, 2.45) is 0 Å². The SMILES string of the molecule is CCCCOc1ccc(C(=O)NCC(=O)OCc2csc(-c3ccccc3)n2)cc1. The average Bonchev–Trinajstić information content (AvgIpc) is 3.26. The predicted molar refractivity (Wildman–Crippen MR) is 117 cm³/mol. The van der Waals surface area contributed by atoms with E-state index in [1.165, 1.54) is 11.3 Å². The van der Waals surface area contributed by atoms with Crippen molar-refractivity contribution in [3.8, 4) is 16.3 Å². The van der Waals surface area contributed by atoms with E-state index in [4.69, 9.17) is 9.47 Å². The Hall–Kier alpha value is -3.19. The number of thiazole rings is 1. The monoisotopic (exact) mass is 424 g/mol. The number of esters is 1. The van der Waals surface area contributed by atoms with Crippen LogP contribution in [0.2, 0.25) is 0 Å². The molecular weight excluding hydrogens is 400 g/mol. The Morgan fingerprint density at radius 1 is 1.07 bits per heavy atom. The minimum absolute atomic E-state index is 0.0713. The molecule has 1 aromatic heterocycles. The molecule has 1 amide bonds. The molecule has 0 spiro atoms. The van der Waals surface area contributed by atoms with Crippen molar-refractivity contribution in [1.29, 1.82) is 0 Å². The molecule has 0 aliphatic carbocycles. The van der Waals surface area contributed by atoms with Crippen molar-refractivity contribution in [2.45, 2.75) is 26.4 Å². The standard InChI is InChI=1S/C23H24N2O4S/c1-2-3-13-28-20-11-9-17(10-12-20)22(27)24-14-21(26)29-15-19-16-30-23(25-19)18-7-5-4-6-8-18/h4-12,16H,2-3,13-15H2,1H3,(H,24,27). The van der Waals surface area contributed by atoms with Gasteiger partial charge in [0, 0.05) is 16.5 Å². The van der Waals surface area contributed by atoms with Crippen LogP contribution in [-0.2, 0) is 16.1 Å². The van der Waals surface area contributed by atoms with Gasteiger partial charge in [0.25, 0.3) is 5.91 Å². The van der Waals surface area contributed by atoms with Gasteiger partial charge in [-0.2, -0.15) is 0 Å². The molecule has 30 heavy (non-hydrogen) atoms. The maximum atomic E-state index is 12.2. The molecule has 156 valence electrons. The molecule has 3 rings (SSSR count). The summed E-state index contributed by atoms with van der Waals surface area (Å²) in [6.07, 6.45) is 2.05. The summed E-state index contributed by atoms with van der Waals surface area (Å²) in [4.78, 5) is 28.6. The molecule has 0 radical (unpaired) electrons. The lowest BCUT2D eigenvalue weighted by Crippen LogP contribution is -2.30. The Bertz CT molecular complexity index is 955. The van der Waals surface area contributed by atoms with Gasteiger partial charge in [0.1, 0.15) is 23.9 Å². The van der Waals surface area contributed by atoms with Crippen molar-refractivity contribution < 1.29 is 19.1 Å². The minimum Gasteiger partial charge on any atom is -0.494 e. The van der Waals surface area contributed by atoms with E-state index in [0.717, 1.165) is 29.2 Å². The molecule has 0 atom stereocenters. The van der Waals surface area contributed by atoms with Gasteiger partial charge in [-0.25, -0.2) is 4.98 Å². The maximum Gasteiger partial charge on any atom is 0.325 e. The van der Waals surface area contributed by atoms with Crippen LogP contribution in [0, 0.1) is 0 Å². The molecule has 0 aliphatic heterocycles. The van der Waals surface area contributed by atoms with E-state index in [1.54, 1.807) is 24.3 Å². The second-order valence-corrected chi connectivity index (χ2v) is 7.44. The topological polar surface area (TPSA) is 77.5 Å². The fourth-order valence-corrected chi connectivity index (χ4v) is 3.39. The number of aromatic nitrogens is 1. The Kier molecular flexibility index (Phi) is 7.97. The molecule has 2 aromatic carbocycles. The number of hydrogen-bond acceptors (Lipinski definition) is 6. The van der Waals surface area contributed by atoms with Crippen LogP contribution in [0.1, 0.15) is 35.8 Å². The number of benzene rings is 2. The highest BCUT2D eigenvalue weighted by molar-refractivity contribution is 7.13. The maximum absolute atomic E-state index is 12.2. The summed E-state index contributed by atoms with van der Waals surface area (Å²) in [6, 6.07) is 16.6. The number of ether oxygens (including phenoxy) is 2. The van der Waals surface area contributed by atoms with E-state index < -0.39 is 5.97 Å². The van der Waals surface area contributed by atoms with Gasteiger partial charge in [0.05, 0.1) is 12.3 Å². The van der Waals surface area contributed by atoms with Gasteiger partial charge < -0.3 is 14.8 Å². The second kappa shape index (κ2) is 11.1. The first-order chi connectivity index (χ1) is 14.7. The summed E-state index contributed by atoms with van der Waals surface area (Å²) >= 11 is 1.49. The van der Waals surface area contributed by atoms with Crippen LogP contribution < -0.4 is 10.1 Å². The normalized spacial score (nSPS) is 10.4. The first-order valence-electron chi connectivity index (χ1n) is 9.82. The summed E-state index contributed by atoms with van der Waals surface area (Å²) in [7, 11) is 0. The summed E-state index contributed by atoms with van der Waals surface area (Å²) in [5.74, 6) is -0.137. The summed E-state index contributed by atoms with van der Waals surface area (Å²) in [5, 5.41) is 5.30. The third kappa shape index (κ3) is 6.42. The smallest absolute Gasteiger partial charge is 0.325 e. The molecule has 6 nitrogen and oxygen atoms in total. The molecule has 0 saturated carbocycles. The number of amides is 1. The molecule has 1 N–H and O–H groups in total. The van der Waals surface area contributed by atoms with E-state index in [0.29, 0.717) is 17.9 Å². The van der Waals surface area contributed by atoms with Crippen molar-refractivity contribution in [1.82, 2.24) is 10.3 Å². The lowest BCUT2D eigenvalue weighted by Gasteiger charge is -2.07. The highest BCUT2D eigenvalue weighted by Crippen LogP contribution is 2.23. The molecule has 0 fully saturated rings. The van der Waals surface area contributed by atoms with Crippen LogP contribution >= 0.6 is 11.3 Å². The molecule has 0 bridgehead atoms. The summed E-state index contributed by atoms with van der Waals surface area (Å²) in [6.45, 7) is 2.62. The van der Waals surface area contributed by atoms with E-state index in [2.05, 4.69) is 17.2 Å². The van der Waals surface area contributed by atoms with Crippen LogP contribution in [0.25, 0.3) is 10.6 Å². The number of rotatable bonds is 10. The zero-order valence-electron chi connectivity index (χ0n) is 16.8. The van der Waals surface area contributed by atoms with E-state index in [1.807, 2.05) is 35.7 Å². The van der Waals surface area contributed by atoms with Crippen LogP contribution in [0.4, 0.5) is 0 Å². The van der Waals surface area contributed by atoms with Crippen LogP contribution in [0.3, 0.4) is 0 Å². The lowest BCUT2D eigenvalue weighted by molar-refractivity contribution is -0.143. The highest BCUT2D eigenvalue weighted by Gasteiger charge is 2.11. The number of carbonyl (C=O) groups is 2. The third-order valence-corrected chi connectivity index (χ3v) is 5.17. The van der Waals surface area contributed by atoms with Gasteiger partial charge >= 0.3 is 5.97 Å². The molecule has 1 heterocycles. The Labute approximate surface area is 179 Å². The number of nitrogens with zero attached hydrogens (tertiary/aromatic N) is 1. The van der Waals surface area contributed by atoms with Crippen molar-refractivity contribution in [3.63, 3.8) is 0 Å². The van der Waals surface area contributed by atoms with Gasteiger partial charge in [-0.3, -0.25) is 9.59 Å². The quantitative estimate of drug-likeness (QED) is 0.384. The first-order valence-corrected chi connectivity index (χ1v) is 10.7. The van der Waals surface area contributed by atoms with Crippen LogP contribution in [-0.4, -0.2) is 30.0 Å². The fourth-order valence-electron chi connectivity index (χ4n) is 2.58. The second-order valence-electron chi connectivity index (χ2n) is 6.58. The van der Waals surface area contributed by atoms with Crippen molar-refractivity contribution in [2.75, 3.05) is 13.2 Å². The Morgan fingerprint density at radius 3 is 2.57 bits per heavy atom. The summed E-state index contributed by atoms with van der Waals surface area (Å²) < 4.78 is 10.8. The van der Waals surface area contributed by atoms with Crippen molar-refractivity contribution >= 4 is 23.2 Å². The molecule has 0 unspecified atom stereocenters. The average molecular weight is 425 g/mol. The Balaban J connectivity index is 1.41. The van der Waals surface area contributed by atoms with Gasteiger partial charge in [-0.15, -0.1) is 11.3 Å². The third-order valence-electron chi connectivity index (χ3n) is 4.23. The predicted octanol–water partition coefficient (Wildman–Crippen LogP) is 4.46. The summed E-state index contributed by atoms with van der Waals surface area (Å²) in [5.41, 5.74) is 2.16. The van der Waals surface area contributed by atoms with Crippen molar-refractivity contribution in [3.05, 3.63) is 71.2 Å². The van der Waals surface area contributed by atoms with Gasteiger partial charge in [-0.05, 0) is 30.7 Å². The lowest BCUT2D eigenvalue weighted by atomic mass is 10.2. The largest absolute Gasteiger partial charge is 0.494 e. The fraction of sp³-hybridized carbons (Fsp3) is 0.261. The molecule has 3 aromatic rings. The highest BCUT2D eigenvalue weighted by atomic mass is 32.1. The van der Waals surface area contributed by atoms with E-state index >= 15 is 0 Å². The van der Waals surface area contributed by atoms with E-state index in [9.17, 15) is 9.59 Å².